The Bertz CT molecular complexity index is 1060. The zero-order valence-corrected chi connectivity index (χ0v) is 14.1. The van der Waals surface area contributed by atoms with Crippen LogP contribution in [0.3, 0.4) is 0 Å². The molecule has 0 radical (unpaired) electrons. The molecule has 0 aliphatic carbocycles. The zero-order chi connectivity index (χ0) is 20.2. The molecule has 0 atom stereocenters. The lowest BCUT2D eigenvalue weighted by Gasteiger charge is -2.09. The number of nitrogens with zero attached hydrogens (tertiary/aromatic N) is 3. The van der Waals surface area contributed by atoms with Gasteiger partial charge in [0, 0.05) is 11.6 Å². The minimum atomic E-state index is -4.62. The Morgan fingerprint density at radius 3 is 2.30 bits per heavy atom. The first-order chi connectivity index (χ1) is 12.7. The fourth-order valence-corrected chi connectivity index (χ4v) is 2.30. The van der Waals surface area contributed by atoms with Crippen molar-refractivity contribution in [3.05, 3.63) is 63.5 Å². The number of rotatable bonds is 3. The number of halogens is 4. The third-order valence-corrected chi connectivity index (χ3v) is 3.70. The predicted molar refractivity (Wildman–Crippen MR) is 90.2 cm³/mol. The average molecular weight is 389 g/mol. The maximum atomic E-state index is 13.0. The van der Waals surface area contributed by atoms with Crippen LogP contribution in [0.2, 0.25) is 5.02 Å². The third kappa shape index (κ3) is 4.30. The van der Waals surface area contributed by atoms with E-state index in [0.29, 0.717) is 0 Å². The summed E-state index contributed by atoms with van der Waals surface area (Å²) in [4.78, 5) is 0. The summed E-state index contributed by atoms with van der Waals surface area (Å²) < 4.78 is 44.3. The van der Waals surface area contributed by atoms with Crippen LogP contribution in [0.15, 0.2) is 51.6 Å². The lowest BCUT2D eigenvalue weighted by Crippen LogP contribution is -2.05. The summed E-state index contributed by atoms with van der Waals surface area (Å²) in [7, 11) is 0. The molecule has 2 aromatic rings. The molecule has 0 bridgehead atoms. The Hall–Kier alpha value is -3.67. The summed E-state index contributed by atoms with van der Waals surface area (Å²) in [5.74, 6) is 0.201. The van der Waals surface area contributed by atoms with Crippen LogP contribution in [0, 0.1) is 34.0 Å². The van der Waals surface area contributed by atoms with Crippen molar-refractivity contribution in [2.45, 2.75) is 6.18 Å². The molecule has 0 amide bonds. The molecule has 1 aromatic heterocycles. The number of hydrogen-bond donors (Lipinski definition) is 1. The normalized spacial score (nSPS) is 11.2. The molecule has 2 N–H and O–H groups in total. The highest BCUT2D eigenvalue weighted by Gasteiger charge is 2.33. The standard InChI is InChI=1S/C18H8ClF3N4O/c19-15-3-1-10(6-14(15)18(20,21)22)16-4-2-13(27-16)5-11(7-23)17(26)12(8-24)9-25/h1-6H,26H2/b11-5-. The van der Waals surface area contributed by atoms with Gasteiger partial charge in [0.15, 0.2) is 5.57 Å². The van der Waals surface area contributed by atoms with Crippen molar-refractivity contribution < 1.29 is 17.6 Å². The minimum Gasteiger partial charge on any atom is -0.457 e. The van der Waals surface area contributed by atoms with E-state index in [9.17, 15) is 13.2 Å². The highest BCUT2D eigenvalue weighted by molar-refractivity contribution is 6.31. The number of furan rings is 1. The Morgan fingerprint density at radius 2 is 1.74 bits per heavy atom. The van der Waals surface area contributed by atoms with Gasteiger partial charge in [-0.1, -0.05) is 11.6 Å². The minimum absolute atomic E-state index is 0.100. The van der Waals surface area contributed by atoms with E-state index in [1.807, 2.05) is 0 Å². The lowest BCUT2D eigenvalue weighted by molar-refractivity contribution is -0.137. The second kappa shape index (κ2) is 7.70. The van der Waals surface area contributed by atoms with E-state index in [1.54, 1.807) is 18.2 Å². The van der Waals surface area contributed by atoms with Gasteiger partial charge < -0.3 is 10.2 Å². The van der Waals surface area contributed by atoms with Gasteiger partial charge in [0.05, 0.1) is 21.9 Å². The largest absolute Gasteiger partial charge is 0.457 e. The van der Waals surface area contributed by atoms with Gasteiger partial charge in [-0.2, -0.15) is 29.0 Å². The quantitative estimate of drug-likeness (QED) is 0.600. The third-order valence-electron chi connectivity index (χ3n) is 3.37. The molecule has 0 aliphatic rings. The maximum absolute atomic E-state index is 13.0. The summed E-state index contributed by atoms with van der Waals surface area (Å²) in [5.41, 5.74) is 3.76. The van der Waals surface area contributed by atoms with Gasteiger partial charge in [-0.25, -0.2) is 0 Å². The predicted octanol–water partition coefficient (Wildman–Crippen LogP) is 4.79. The molecule has 1 heterocycles. The second-order valence-electron chi connectivity index (χ2n) is 5.08. The van der Waals surface area contributed by atoms with Crippen LogP contribution in [-0.2, 0) is 6.18 Å². The van der Waals surface area contributed by atoms with Crippen molar-refractivity contribution in [1.82, 2.24) is 0 Å². The fraction of sp³-hybridized carbons (Fsp3) is 0.0556. The summed E-state index contributed by atoms with van der Waals surface area (Å²) >= 11 is 5.59. The Morgan fingerprint density at radius 1 is 1.07 bits per heavy atom. The summed E-state index contributed by atoms with van der Waals surface area (Å²) in [6.45, 7) is 0. The van der Waals surface area contributed by atoms with Gasteiger partial charge in [-0.3, -0.25) is 0 Å². The molecular weight excluding hydrogens is 381 g/mol. The molecule has 0 unspecified atom stereocenters. The highest BCUT2D eigenvalue weighted by Crippen LogP contribution is 2.37. The Labute approximate surface area is 156 Å². The summed E-state index contributed by atoms with van der Waals surface area (Å²) in [5, 5.41) is 26.3. The summed E-state index contributed by atoms with van der Waals surface area (Å²) in [6.07, 6.45) is -3.45. The molecule has 134 valence electrons. The van der Waals surface area contributed by atoms with Gasteiger partial charge in [-0.15, -0.1) is 0 Å². The topological polar surface area (TPSA) is 111 Å². The first kappa shape index (κ1) is 19.7. The van der Waals surface area contributed by atoms with Gasteiger partial charge in [-0.05, 0) is 30.3 Å². The first-order valence-corrected chi connectivity index (χ1v) is 7.48. The molecule has 0 spiro atoms. The van der Waals surface area contributed by atoms with Crippen LogP contribution in [0.4, 0.5) is 13.2 Å². The average Bonchev–Trinajstić information content (AvgIpc) is 3.08. The van der Waals surface area contributed by atoms with Crippen LogP contribution in [0.1, 0.15) is 11.3 Å². The van der Waals surface area contributed by atoms with Crippen LogP contribution >= 0.6 is 11.6 Å². The van der Waals surface area contributed by atoms with Gasteiger partial charge >= 0.3 is 6.18 Å². The van der Waals surface area contributed by atoms with E-state index < -0.39 is 22.3 Å². The Kier molecular flexibility index (Phi) is 5.60. The van der Waals surface area contributed by atoms with Crippen LogP contribution < -0.4 is 5.73 Å². The van der Waals surface area contributed by atoms with Crippen LogP contribution in [-0.4, -0.2) is 0 Å². The number of allylic oxidation sites excluding steroid dienone is 2. The van der Waals surface area contributed by atoms with Gasteiger partial charge in [0.2, 0.25) is 0 Å². The molecule has 2 rings (SSSR count). The Balaban J connectivity index is 2.47. The number of alkyl halides is 3. The number of hydrogen-bond acceptors (Lipinski definition) is 5. The van der Waals surface area contributed by atoms with Crippen molar-refractivity contribution in [1.29, 1.82) is 15.8 Å². The maximum Gasteiger partial charge on any atom is 0.417 e. The van der Waals surface area contributed by atoms with E-state index in [2.05, 4.69) is 0 Å². The molecule has 0 saturated carbocycles. The number of nitriles is 3. The molecule has 5 nitrogen and oxygen atoms in total. The fourth-order valence-electron chi connectivity index (χ4n) is 2.07. The molecule has 0 aliphatic heterocycles. The van der Waals surface area contributed by atoms with Crippen molar-refractivity contribution >= 4 is 17.7 Å². The molecule has 9 heteroatoms. The van der Waals surface area contributed by atoms with E-state index in [4.69, 9.17) is 37.5 Å². The number of nitrogens with two attached hydrogens (primary N) is 1. The lowest BCUT2D eigenvalue weighted by atomic mass is 10.1. The van der Waals surface area contributed by atoms with E-state index >= 15 is 0 Å². The zero-order valence-electron chi connectivity index (χ0n) is 13.3. The van der Waals surface area contributed by atoms with Gasteiger partial charge in [0.25, 0.3) is 0 Å². The van der Waals surface area contributed by atoms with Crippen molar-refractivity contribution in [3.8, 4) is 29.5 Å². The summed E-state index contributed by atoms with van der Waals surface area (Å²) in [6, 6.07) is 11.0. The highest BCUT2D eigenvalue weighted by atomic mass is 35.5. The molecular formula is C18H8ClF3N4O. The van der Waals surface area contributed by atoms with Gasteiger partial charge in [0.1, 0.15) is 29.7 Å². The van der Waals surface area contributed by atoms with E-state index in [-0.39, 0.29) is 28.4 Å². The molecule has 1 aromatic carbocycles. The monoisotopic (exact) mass is 388 g/mol. The van der Waals surface area contributed by atoms with Crippen molar-refractivity contribution in [2.24, 2.45) is 5.73 Å². The smallest absolute Gasteiger partial charge is 0.417 e. The SMILES string of the molecule is N#CC(C#N)=C(N)/C(C#N)=C\c1ccc(-c2ccc(Cl)c(C(F)(F)F)c2)o1. The van der Waals surface area contributed by atoms with Crippen LogP contribution in [0.25, 0.3) is 17.4 Å². The molecule has 0 saturated heterocycles. The number of benzene rings is 1. The van der Waals surface area contributed by atoms with Crippen molar-refractivity contribution in [2.75, 3.05) is 0 Å². The van der Waals surface area contributed by atoms with Crippen LogP contribution in [0.5, 0.6) is 0 Å². The van der Waals surface area contributed by atoms with E-state index in [1.165, 1.54) is 24.3 Å². The first-order valence-electron chi connectivity index (χ1n) is 7.10. The molecule has 0 fully saturated rings. The van der Waals surface area contributed by atoms with Crippen molar-refractivity contribution in [3.63, 3.8) is 0 Å². The molecule has 27 heavy (non-hydrogen) atoms. The van der Waals surface area contributed by atoms with E-state index in [0.717, 1.165) is 12.1 Å². The second-order valence-corrected chi connectivity index (χ2v) is 5.48.